The monoisotopic (exact) mass is 394 g/mol. The molecule has 0 aliphatic heterocycles. The lowest BCUT2D eigenvalue weighted by molar-refractivity contribution is 0.440. The molecule has 4 nitrogen and oxygen atoms in total. The molecule has 0 aliphatic carbocycles. The number of nitrogens with zero attached hydrogens (tertiary/aromatic N) is 2. The standard InChI is InChI=1S/C25H34N2O2/c1-5-6-7-11-20-14-23(28)22(13-12-19(4)10-8-9-18(2)3)25(29)24(20)21-15-26-17-27-16-21/h9,12,14-17,28-29H,5-8,10-11,13H2,1-4H3. The fourth-order valence-electron chi connectivity index (χ4n) is 3.43. The molecule has 0 amide bonds. The molecule has 0 radical (unpaired) electrons. The van der Waals surface area contributed by atoms with Crippen molar-refractivity contribution in [2.45, 2.75) is 72.6 Å². The van der Waals surface area contributed by atoms with Crippen molar-refractivity contribution in [2.24, 2.45) is 0 Å². The van der Waals surface area contributed by atoms with Gasteiger partial charge in [0.1, 0.15) is 17.8 Å². The van der Waals surface area contributed by atoms with Gasteiger partial charge in [-0.3, -0.25) is 0 Å². The molecular formula is C25H34N2O2. The number of unbranched alkanes of at least 4 members (excludes halogenated alkanes) is 2. The summed E-state index contributed by atoms with van der Waals surface area (Å²) in [5, 5.41) is 21.7. The van der Waals surface area contributed by atoms with Crippen molar-refractivity contribution in [2.75, 3.05) is 0 Å². The van der Waals surface area contributed by atoms with Gasteiger partial charge in [-0.2, -0.15) is 0 Å². The van der Waals surface area contributed by atoms with E-state index in [1.807, 2.05) is 0 Å². The first kappa shape index (κ1) is 22.7. The molecule has 2 aromatic rings. The van der Waals surface area contributed by atoms with Crippen LogP contribution in [0.1, 0.15) is 70.9 Å². The third-order valence-corrected chi connectivity index (χ3v) is 5.11. The Balaban J connectivity index is 2.34. The smallest absolute Gasteiger partial charge is 0.130 e. The Morgan fingerprint density at radius 2 is 1.76 bits per heavy atom. The summed E-state index contributed by atoms with van der Waals surface area (Å²) in [6.07, 6.45) is 15.8. The molecule has 1 heterocycles. The summed E-state index contributed by atoms with van der Waals surface area (Å²) < 4.78 is 0. The van der Waals surface area contributed by atoms with Gasteiger partial charge in [-0.1, -0.05) is 43.1 Å². The second kappa shape index (κ2) is 11.4. The van der Waals surface area contributed by atoms with Crippen molar-refractivity contribution in [1.29, 1.82) is 0 Å². The lowest BCUT2D eigenvalue weighted by atomic mass is 9.92. The van der Waals surface area contributed by atoms with Gasteiger partial charge in [0.05, 0.1) is 0 Å². The topological polar surface area (TPSA) is 66.2 Å². The van der Waals surface area contributed by atoms with Crippen LogP contribution in [0.15, 0.2) is 48.1 Å². The van der Waals surface area contributed by atoms with E-state index >= 15 is 0 Å². The van der Waals surface area contributed by atoms with Crippen LogP contribution >= 0.6 is 0 Å². The van der Waals surface area contributed by atoms with Gasteiger partial charge in [-0.05, 0) is 64.5 Å². The largest absolute Gasteiger partial charge is 0.508 e. The molecule has 4 heteroatoms. The van der Waals surface area contributed by atoms with E-state index < -0.39 is 0 Å². The van der Waals surface area contributed by atoms with Crippen molar-refractivity contribution < 1.29 is 10.2 Å². The van der Waals surface area contributed by atoms with Crippen LogP contribution < -0.4 is 0 Å². The summed E-state index contributed by atoms with van der Waals surface area (Å²) in [6.45, 7) is 8.46. The maximum atomic E-state index is 11.1. The summed E-state index contributed by atoms with van der Waals surface area (Å²) in [4.78, 5) is 8.22. The number of aryl methyl sites for hydroxylation is 1. The molecule has 0 bridgehead atoms. The van der Waals surface area contributed by atoms with Gasteiger partial charge in [0.25, 0.3) is 0 Å². The zero-order valence-corrected chi connectivity index (χ0v) is 18.2. The number of allylic oxidation sites excluding steroid dienone is 4. The van der Waals surface area contributed by atoms with Crippen LogP contribution in [0.25, 0.3) is 11.1 Å². The number of rotatable bonds is 10. The Hall–Kier alpha value is -2.62. The van der Waals surface area contributed by atoms with Gasteiger partial charge in [-0.15, -0.1) is 0 Å². The molecular weight excluding hydrogens is 360 g/mol. The number of aromatic nitrogens is 2. The average molecular weight is 395 g/mol. The van der Waals surface area contributed by atoms with Crippen LogP contribution in [-0.2, 0) is 12.8 Å². The lowest BCUT2D eigenvalue weighted by Crippen LogP contribution is -1.97. The summed E-state index contributed by atoms with van der Waals surface area (Å²) >= 11 is 0. The number of aromatic hydroxyl groups is 2. The predicted octanol–water partition coefficient (Wildman–Crippen LogP) is 6.52. The fourth-order valence-corrected chi connectivity index (χ4v) is 3.43. The molecule has 0 saturated carbocycles. The van der Waals surface area contributed by atoms with E-state index in [1.54, 1.807) is 18.5 Å². The first-order chi connectivity index (χ1) is 13.9. The Labute approximate surface area is 175 Å². The summed E-state index contributed by atoms with van der Waals surface area (Å²) in [5.41, 5.74) is 5.59. The normalized spacial score (nSPS) is 11.5. The minimum Gasteiger partial charge on any atom is -0.508 e. The maximum Gasteiger partial charge on any atom is 0.130 e. The first-order valence-corrected chi connectivity index (χ1v) is 10.5. The average Bonchev–Trinajstić information content (AvgIpc) is 2.68. The predicted molar refractivity (Wildman–Crippen MR) is 120 cm³/mol. The number of phenolic OH excluding ortho intramolecular Hbond substituents is 2. The molecule has 1 aromatic heterocycles. The van der Waals surface area contributed by atoms with Crippen LogP contribution in [-0.4, -0.2) is 20.2 Å². The second-order valence-electron chi connectivity index (χ2n) is 7.92. The van der Waals surface area contributed by atoms with Crippen molar-refractivity contribution in [3.05, 3.63) is 59.2 Å². The number of phenols is 2. The van der Waals surface area contributed by atoms with Crippen LogP contribution in [0.2, 0.25) is 0 Å². The minimum atomic E-state index is 0.139. The number of hydrogen-bond donors (Lipinski definition) is 2. The van der Waals surface area contributed by atoms with Crippen LogP contribution in [0, 0.1) is 0 Å². The van der Waals surface area contributed by atoms with Gasteiger partial charge < -0.3 is 10.2 Å². The highest BCUT2D eigenvalue weighted by atomic mass is 16.3. The minimum absolute atomic E-state index is 0.139. The highest BCUT2D eigenvalue weighted by molar-refractivity contribution is 5.76. The third kappa shape index (κ3) is 6.74. The number of benzene rings is 1. The Kier molecular flexibility index (Phi) is 8.91. The molecule has 0 spiro atoms. The quantitative estimate of drug-likeness (QED) is 0.355. The van der Waals surface area contributed by atoms with Crippen molar-refractivity contribution in [3.63, 3.8) is 0 Å². The van der Waals surface area contributed by atoms with Gasteiger partial charge in [0, 0.05) is 29.1 Å². The Bertz CT molecular complexity index is 851. The van der Waals surface area contributed by atoms with Gasteiger partial charge in [0.2, 0.25) is 0 Å². The second-order valence-corrected chi connectivity index (χ2v) is 7.92. The molecule has 29 heavy (non-hydrogen) atoms. The summed E-state index contributed by atoms with van der Waals surface area (Å²) in [5.74, 6) is 0.294. The van der Waals surface area contributed by atoms with E-state index in [0.29, 0.717) is 12.0 Å². The van der Waals surface area contributed by atoms with Crippen LogP contribution in [0.3, 0.4) is 0 Å². The van der Waals surface area contributed by atoms with E-state index in [9.17, 15) is 10.2 Å². The van der Waals surface area contributed by atoms with Crippen LogP contribution in [0.4, 0.5) is 0 Å². The van der Waals surface area contributed by atoms with E-state index in [2.05, 4.69) is 49.8 Å². The van der Waals surface area contributed by atoms with E-state index in [-0.39, 0.29) is 11.5 Å². The van der Waals surface area contributed by atoms with E-state index in [1.165, 1.54) is 17.5 Å². The van der Waals surface area contributed by atoms with Crippen molar-refractivity contribution in [3.8, 4) is 22.6 Å². The Morgan fingerprint density at radius 3 is 2.41 bits per heavy atom. The molecule has 0 atom stereocenters. The van der Waals surface area contributed by atoms with Gasteiger partial charge in [-0.25, -0.2) is 9.97 Å². The highest BCUT2D eigenvalue weighted by Gasteiger charge is 2.18. The van der Waals surface area contributed by atoms with Gasteiger partial charge >= 0.3 is 0 Å². The molecule has 0 fully saturated rings. The summed E-state index contributed by atoms with van der Waals surface area (Å²) in [6, 6.07) is 1.80. The SMILES string of the molecule is CCCCCc1cc(O)c(CC=C(C)CCC=C(C)C)c(O)c1-c1cncnc1. The van der Waals surface area contributed by atoms with Crippen molar-refractivity contribution >= 4 is 0 Å². The van der Waals surface area contributed by atoms with Crippen LogP contribution in [0.5, 0.6) is 11.5 Å². The zero-order chi connectivity index (χ0) is 21.2. The van der Waals surface area contributed by atoms with Crippen molar-refractivity contribution in [1.82, 2.24) is 9.97 Å². The Morgan fingerprint density at radius 1 is 1.03 bits per heavy atom. The molecule has 1 aromatic carbocycles. The lowest BCUT2D eigenvalue weighted by Gasteiger charge is -2.16. The number of hydrogen-bond acceptors (Lipinski definition) is 4. The van der Waals surface area contributed by atoms with E-state index in [4.69, 9.17) is 0 Å². The molecule has 156 valence electrons. The molecule has 0 aliphatic rings. The third-order valence-electron chi connectivity index (χ3n) is 5.11. The first-order valence-electron chi connectivity index (χ1n) is 10.5. The molecule has 0 unspecified atom stereocenters. The molecule has 0 saturated heterocycles. The summed E-state index contributed by atoms with van der Waals surface area (Å²) in [7, 11) is 0. The fraction of sp³-hybridized carbons (Fsp3) is 0.440. The maximum absolute atomic E-state index is 11.1. The van der Waals surface area contributed by atoms with Gasteiger partial charge in [0.15, 0.2) is 0 Å². The van der Waals surface area contributed by atoms with E-state index in [0.717, 1.165) is 55.2 Å². The molecule has 2 N–H and O–H groups in total. The highest BCUT2D eigenvalue weighted by Crippen LogP contribution is 2.41. The zero-order valence-electron chi connectivity index (χ0n) is 18.2. The molecule has 2 rings (SSSR count).